The zero-order chi connectivity index (χ0) is 17.0. The molecule has 2 aromatic carbocycles. The van der Waals surface area contributed by atoms with Crippen LogP contribution >= 0.6 is 11.6 Å². The van der Waals surface area contributed by atoms with Gasteiger partial charge in [-0.25, -0.2) is 8.78 Å². The molecule has 0 aliphatic carbocycles. The second-order valence-electron chi connectivity index (χ2n) is 4.58. The Balaban J connectivity index is 2.02. The molecule has 2 amide bonds. The zero-order valence-electron chi connectivity index (χ0n) is 11.7. The minimum absolute atomic E-state index is 0.113. The van der Waals surface area contributed by atoms with Crippen LogP contribution in [0.5, 0.6) is 0 Å². The number of carbonyl (C=O) groups is 2. The predicted octanol–water partition coefficient (Wildman–Crippen LogP) is 2.77. The summed E-state index contributed by atoms with van der Waals surface area (Å²) in [5, 5.41) is 5.45. The molecule has 0 aliphatic heterocycles. The van der Waals surface area contributed by atoms with Crippen molar-refractivity contribution in [1.82, 2.24) is 0 Å². The smallest absolute Gasteiger partial charge is 0.250 e. The molecule has 0 saturated heterocycles. The maximum Gasteiger partial charge on any atom is 0.250 e. The maximum absolute atomic E-state index is 13.1. The maximum atomic E-state index is 13.1. The van der Waals surface area contributed by atoms with E-state index in [1.165, 1.54) is 24.3 Å². The monoisotopic (exact) mass is 339 g/mol. The van der Waals surface area contributed by atoms with E-state index in [1.807, 2.05) is 0 Å². The first-order valence-electron chi connectivity index (χ1n) is 6.45. The lowest BCUT2D eigenvalue weighted by Crippen LogP contribution is -2.23. The third-order valence-electron chi connectivity index (χ3n) is 2.89. The van der Waals surface area contributed by atoms with E-state index in [9.17, 15) is 18.4 Å². The average molecular weight is 340 g/mol. The number of benzene rings is 2. The van der Waals surface area contributed by atoms with Crippen LogP contribution in [0.15, 0.2) is 36.4 Å². The van der Waals surface area contributed by atoms with Gasteiger partial charge in [-0.2, -0.15) is 0 Å². The first-order valence-corrected chi connectivity index (χ1v) is 6.83. The number of anilines is 2. The van der Waals surface area contributed by atoms with Crippen LogP contribution in [-0.2, 0) is 4.79 Å². The summed E-state index contributed by atoms with van der Waals surface area (Å²) in [5.41, 5.74) is 5.81. The van der Waals surface area contributed by atoms with Crippen molar-refractivity contribution in [2.24, 2.45) is 5.73 Å². The summed E-state index contributed by atoms with van der Waals surface area (Å²) < 4.78 is 25.9. The summed E-state index contributed by atoms with van der Waals surface area (Å²) >= 11 is 5.78. The van der Waals surface area contributed by atoms with Crippen molar-refractivity contribution < 1.29 is 18.4 Å². The Bertz CT molecular complexity index is 768. The Morgan fingerprint density at radius 3 is 2.48 bits per heavy atom. The molecule has 8 heteroatoms. The SMILES string of the molecule is NC(=O)c1cc(Cl)ccc1NCC(=O)Nc1ccc(F)c(F)c1. The summed E-state index contributed by atoms with van der Waals surface area (Å²) in [6.45, 7) is -0.207. The van der Waals surface area contributed by atoms with Gasteiger partial charge < -0.3 is 16.4 Å². The van der Waals surface area contributed by atoms with E-state index >= 15 is 0 Å². The Hall–Kier alpha value is -2.67. The van der Waals surface area contributed by atoms with Gasteiger partial charge in [0, 0.05) is 22.5 Å². The molecule has 0 spiro atoms. The van der Waals surface area contributed by atoms with Gasteiger partial charge in [0.25, 0.3) is 5.91 Å². The van der Waals surface area contributed by atoms with Crippen LogP contribution in [0.2, 0.25) is 5.02 Å². The fourth-order valence-corrected chi connectivity index (χ4v) is 2.00. The number of hydrogen-bond donors (Lipinski definition) is 3. The first kappa shape index (κ1) is 16.7. The Labute approximate surface area is 135 Å². The molecule has 0 aromatic heterocycles. The predicted molar refractivity (Wildman–Crippen MR) is 83.4 cm³/mol. The minimum atomic E-state index is -1.07. The van der Waals surface area contributed by atoms with Gasteiger partial charge in [0.1, 0.15) is 0 Å². The Kier molecular flexibility index (Phi) is 5.13. The third-order valence-corrected chi connectivity index (χ3v) is 3.12. The van der Waals surface area contributed by atoms with E-state index in [0.29, 0.717) is 10.7 Å². The van der Waals surface area contributed by atoms with Crippen molar-refractivity contribution in [3.8, 4) is 0 Å². The fourth-order valence-electron chi connectivity index (χ4n) is 1.83. The van der Waals surface area contributed by atoms with E-state index < -0.39 is 23.4 Å². The number of rotatable bonds is 5. The molecule has 4 N–H and O–H groups in total. The summed E-state index contributed by atoms with van der Waals surface area (Å²) in [6.07, 6.45) is 0. The second-order valence-corrected chi connectivity index (χ2v) is 5.02. The van der Waals surface area contributed by atoms with E-state index in [0.717, 1.165) is 12.1 Å². The van der Waals surface area contributed by atoms with E-state index in [2.05, 4.69) is 10.6 Å². The van der Waals surface area contributed by atoms with Gasteiger partial charge in [-0.05, 0) is 30.3 Å². The zero-order valence-corrected chi connectivity index (χ0v) is 12.5. The van der Waals surface area contributed by atoms with Gasteiger partial charge in [-0.15, -0.1) is 0 Å². The topological polar surface area (TPSA) is 84.2 Å². The normalized spacial score (nSPS) is 10.2. The van der Waals surface area contributed by atoms with Crippen LogP contribution in [-0.4, -0.2) is 18.4 Å². The number of nitrogens with two attached hydrogens (primary N) is 1. The number of nitrogens with one attached hydrogen (secondary N) is 2. The quantitative estimate of drug-likeness (QED) is 0.783. The van der Waals surface area contributed by atoms with Crippen molar-refractivity contribution >= 4 is 34.8 Å². The molecule has 0 radical (unpaired) electrons. The molecular formula is C15H12ClF2N3O2. The van der Waals surface area contributed by atoms with Crippen molar-refractivity contribution in [3.05, 3.63) is 58.6 Å². The highest BCUT2D eigenvalue weighted by molar-refractivity contribution is 6.31. The minimum Gasteiger partial charge on any atom is -0.375 e. The van der Waals surface area contributed by atoms with Gasteiger partial charge in [0.15, 0.2) is 11.6 Å². The van der Waals surface area contributed by atoms with Crippen molar-refractivity contribution in [2.75, 3.05) is 17.2 Å². The molecule has 0 fully saturated rings. The van der Waals surface area contributed by atoms with E-state index in [4.69, 9.17) is 17.3 Å². The summed E-state index contributed by atoms with van der Waals surface area (Å²) in [5.74, 6) is -3.28. The Morgan fingerprint density at radius 1 is 1.09 bits per heavy atom. The van der Waals surface area contributed by atoms with Crippen molar-refractivity contribution in [3.63, 3.8) is 0 Å². The molecule has 0 heterocycles. The molecule has 0 unspecified atom stereocenters. The molecular weight excluding hydrogens is 328 g/mol. The molecule has 0 atom stereocenters. The van der Waals surface area contributed by atoms with Gasteiger partial charge in [-0.1, -0.05) is 11.6 Å². The van der Waals surface area contributed by atoms with Gasteiger partial charge in [0.2, 0.25) is 5.91 Å². The first-order chi connectivity index (χ1) is 10.9. The summed E-state index contributed by atoms with van der Waals surface area (Å²) in [7, 11) is 0. The highest BCUT2D eigenvalue weighted by Crippen LogP contribution is 2.20. The average Bonchev–Trinajstić information content (AvgIpc) is 2.49. The van der Waals surface area contributed by atoms with Gasteiger partial charge in [-0.3, -0.25) is 9.59 Å². The number of hydrogen-bond acceptors (Lipinski definition) is 3. The standard InChI is InChI=1S/C15H12ClF2N3O2/c16-8-1-4-13(10(5-8)15(19)23)20-7-14(22)21-9-2-3-11(17)12(18)6-9/h1-6,20H,7H2,(H2,19,23)(H,21,22). The molecule has 0 saturated carbocycles. The lowest BCUT2D eigenvalue weighted by Gasteiger charge is -2.11. The van der Waals surface area contributed by atoms with Crippen LogP contribution in [0.3, 0.4) is 0 Å². The van der Waals surface area contributed by atoms with Crippen molar-refractivity contribution in [2.45, 2.75) is 0 Å². The summed E-state index contributed by atoms with van der Waals surface area (Å²) in [6, 6.07) is 7.41. The lowest BCUT2D eigenvalue weighted by atomic mass is 10.1. The summed E-state index contributed by atoms with van der Waals surface area (Å²) in [4.78, 5) is 23.1. The van der Waals surface area contributed by atoms with Crippen LogP contribution in [0.1, 0.15) is 10.4 Å². The molecule has 2 rings (SSSR count). The second kappa shape index (κ2) is 7.06. The van der Waals surface area contributed by atoms with Crippen molar-refractivity contribution in [1.29, 1.82) is 0 Å². The molecule has 0 aliphatic rings. The molecule has 5 nitrogen and oxygen atoms in total. The van der Waals surface area contributed by atoms with Crippen LogP contribution in [0.25, 0.3) is 0 Å². The van der Waals surface area contributed by atoms with Crippen LogP contribution < -0.4 is 16.4 Å². The van der Waals surface area contributed by atoms with Gasteiger partial charge >= 0.3 is 0 Å². The molecule has 2 aromatic rings. The number of amides is 2. The Morgan fingerprint density at radius 2 is 1.83 bits per heavy atom. The molecule has 120 valence electrons. The number of carbonyl (C=O) groups excluding carboxylic acids is 2. The molecule has 23 heavy (non-hydrogen) atoms. The fraction of sp³-hybridized carbons (Fsp3) is 0.0667. The van der Waals surface area contributed by atoms with Crippen LogP contribution in [0, 0.1) is 11.6 Å². The highest BCUT2D eigenvalue weighted by Gasteiger charge is 2.11. The molecule has 0 bridgehead atoms. The van der Waals surface area contributed by atoms with Crippen LogP contribution in [0.4, 0.5) is 20.2 Å². The van der Waals surface area contributed by atoms with Gasteiger partial charge in [0.05, 0.1) is 12.1 Å². The number of primary amides is 1. The lowest BCUT2D eigenvalue weighted by molar-refractivity contribution is -0.114. The van der Waals surface area contributed by atoms with E-state index in [-0.39, 0.29) is 17.8 Å². The largest absolute Gasteiger partial charge is 0.375 e. The highest BCUT2D eigenvalue weighted by atomic mass is 35.5. The number of halogens is 3. The van der Waals surface area contributed by atoms with E-state index in [1.54, 1.807) is 0 Å². The third kappa shape index (κ3) is 4.40.